The second-order valence-electron chi connectivity index (χ2n) is 5.73. The fourth-order valence-corrected chi connectivity index (χ4v) is 3.72. The zero-order chi connectivity index (χ0) is 13.8. The first-order chi connectivity index (χ1) is 9.15. The minimum atomic E-state index is 0.568. The van der Waals surface area contributed by atoms with Crippen molar-refractivity contribution in [3.8, 4) is 0 Å². The lowest BCUT2D eigenvalue weighted by Crippen LogP contribution is -2.18. The number of anilines is 1. The third-order valence-corrected chi connectivity index (χ3v) is 5.16. The fraction of sp³-hybridized carbons (Fsp3) is 0.800. The summed E-state index contributed by atoms with van der Waals surface area (Å²) in [4.78, 5) is 8.86. The van der Waals surface area contributed by atoms with Gasteiger partial charge in [0.1, 0.15) is 0 Å². The third-order valence-electron chi connectivity index (χ3n) is 4.03. The quantitative estimate of drug-likeness (QED) is 0.863. The van der Waals surface area contributed by atoms with Gasteiger partial charge in [-0.05, 0) is 31.2 Å². The molecule has 1 saturated heterocycles. The first-order valence-electron chi connectivity index (χ1n) is 7.60. The molecule has 4 heteroatoms. The van der Waals surface area contributed by atoms with Crippen molar-refractivity contribution in [3.05, 3.63) is 10.6 Å². The average molecular weight is 281 g/mol. The minimum absolute atomic E-state index is 0.568. The van der Waals surface area contributed by atoms with Gasteiger partial charge in [0.15, 0.2) is 5.13 Å². The first kappa shape index (κ1) is 14.8. The van der Waals surface area contributed by atoms with Crippen molar-refractivity contribution in [1.82, 2.24) is 10.3 Å². The molecule has 0 spiro atoms. The smallest absolute Gasteiger partial charge is 0.185 e. The molecular weight excluding hydrogens is 254 g/mol. The summed E-state index contributed by atoms with van der Waals surface area (Å²) >= 11 is 1.89. The number of hydrogen-bond acceptors (Lipinski definition) is 4. The van der Waals surface area contributed by atoms with E-state index in [0.29, 0.717) is 5.92 Å². The van der Waals surface area contributed by atoms with Crippen molar-refractivity contribution >= 4 is 16.5 Å². The van der Waals surface area contributed by atoms with Gasteiger partial charge in [-0.3, -0.25) is 0 Å². The van der Waals surface area contributed by atoms with Crippen LogP contribution in [0.1, 0.15) is 57.0 Å². The highest BCUT2D eigenvalue weighted by Crippen LogP contribution is 2.34. The van der Waals surface area contributed by atoms with E-state index in [1.807, 2.05) is 11.3 Å². The number of hydrogen-bond donors (Lipinski definition) is 1. The Labute approximate surface area is 121 Å². The van der Waals surface area contributed by atoms with Crippen LogP contribution in [0.2, 0.25) is 0 Å². The van der Waals surface area contributed by atoms with Crippen molar-refractivity contribution in [2.24, 2.45) is 5.92 Å². The lowest BCUT2D eigenvalue weighted by Gasteiger charge is -2.13. The van der Waals surface area contributed by atoms with Crippen LogP contribution in [-0.4, -0.2) is 24.6 Å². The predicted molar refractivity (Wildman–Crippen MR) is 84.2 cm³/mol. The molecule has 1 N–H and O–H groups in total. The number of thiazole rings is 1. The number of nitrogens with zero attached hydrogens (tertiary/aromatic N) is 2. The molecular formula is C15H27N3S. The maximum atomic E-state index is 4.95. The summed E-state index contributed by atoms with van der Waals surface area (Å²) in [6.07, 6.45) is 2.47. The number of rotatable bonds is 6. The summed E-state index contributed by atoms with van der Waals surface area (Å²) in [7, 11) is 0. The molecule has 0 aliphatic carbocycles. The fourth-order valence-electron chi connectivity index (χ4n) is 2.54. The van der Waals surface area contributed by atoms with E-state index in [9.17, 15) is 0 Å². The highest BCUT2D eigenvalue weighted by molar-refractivity contribution is 7.15. The third kappa shape index (κ3) is 3.48. The Morgan fingerprint density at radius 1 is 1.47 bits per heavy atom. The standard InChI is InChI=1S/C15H27N3S/c1-5-12(4)14-13(9-16-6-2)19-15(17-14)18-8-7-11(3)10-18/h11-12,16H,5-10H2,1-4H3. The Morgan fingerprint density at radius 3 is 2.84 bits per heavy atom. The van der Waals surface area contributed by atoms with Crippen molar-refractivity contribution in [2.45, 2.75) is 53.0 Å². The molecule has 1 aliphatic rings. The lowest BCUT2D eigenvalue weighted by atomic mass is 10.0. The lowest BCUT2D eigenvalue weighted by molar-refractivity contribution is 0.658. The molecule has 2 atom stereocenters. The highest BCUT2D eigenvalue weighted by Gasteiger charge is 2.24. The van der Waals surface area contributed by atoms with Gasteiger partial charge in [-0.1, -0.05) is 27.7 Å². The maximum absolute atomic E-state index is 4.95. The molecule has 108 valence electrons. The van der Waals surface area contributed by atoms with E-state index in [2.05, 4.69) is 37.9 Å². The van der Waals surface area contributed by atoms with Crippen molar-refractivity contribution in [1.29, 1.82) is 0 Å². The second kappa shape index (κ2) is 6.71. The molecule has 0 amide bonds. The molecule has 3 nitrogen and oxygen atoms in total. The van der Waals surface area contributed by atoms with E-state index in [1.165, 1.54) is 41.6 Å². The Kier molecular flexibility index (Phi) is 5.22. The van der Waals surface area contributed by atoms with Crippen LogP contribution in [0.15, 0.2) is 0 Å². The van der Waals surface area contributed by atoms with E-state index >= 15 is 0 Å². The zero-order valence-electron chi connectivity index (χ0n) is 12.7. The molecule has 19 heavy (non-hydrogen) atoms. The zero-order valence-corrected chi connectivity index (χ0v) is 13.5. The summed E-state index contributed by atoms with van der Waals surface area (Å²) in [6.45, 7) is 13.4. The van der Waals surface area contributed by atoms with Crippen molar-refractivity contribution in [2.75, 3.05) is 24.5 Å². The average Bonchev–Trinajstić information content (AvgIpc) is 3.01. The normalized spacial score (nSPS) is 21.1. The highest BCUT2D eigenvalue weighted by atomic mass is 32.1. The van der Waals surface area contributed by atoms with Gasteiger partial charge < -0.3 is 10.2 Å². The van der Waals surface area contributed by atoms with Gasteiger partial charge in [-0.2, -0.15) is 0 Å². The minimum Gasteiger partial charge on any atom is -0.348 e. The van der Waals surface area contributed by atoms with Crippen LogP contribution >= 0.6 is 11.3 Å². The molecule has 0 radical (unpaired) electrons. The molecule has 2 heterocycles. The SMILES string of the molecule is CCNCc1sc(N2CCC(C)C2)nc1C(C)CC. The maximum Gasteiger partial charge on any atom is 0.185 e. The molecule has 2 unspecified atom stereocenters. The first-order valence-corrected chi connectivity index (χ1v) is 8.42. The summed E-state index contributed by atoms with van der Waals surface area (Å²) in [5.74, 6) is 1.38. The van der Waals surface area contributed by atoms with Gasteiger partial charge in [0.25, 0.3) is 0 Å². The van der Waals surface area contributed by atoms with Crippen LogP contribution in [-0.2, 0) is 6.54 Å². The van der Waals surface area contributed by atoms with Gasteiger partial charge in [-0.25, -0.2) is 4.98 Å². The second-order valence-corrected chi connectivity index (χ2v) is 6.80. The van der Waals surface area contributed by atoms with Crippen molar-refractivity contribution in [3.63, 3.8) is 0 Å². The van der Waals surface area contributed by atoms with Crippen LogP contribution in [0.4, 0.5) is 5.13 Å². The Hall–Kier alpha value is -0.610. The number of nitrogens with one attached hydrogen (secondary N) is 1. The van der Waals surface area contributed by atoms with Crippen LogP contribution in [0.5, 0.6) is 0 Å². The van der Waals surface area contributed by atoms with E-state index in [1.54, 1.807) is 0 Å². The van der Waals surface area contributed by atoms with E-state index < -0.39 is 0 Å². The van der Waals surface area contributed by atoms with Crippen molar-refractivity contribution < 1.29 is 0 Å². The van der Waals surface area contributed by atoms with E-state index in [0.717, 1.165) is 19.0 Å². The molecule has 2 rings (SSSR count). The van der Waals surface area contributed by atoms with Crippen LogP contribution in [0.25, 0.3) is 0 Å². The van der Waals surface area contributed by atoms with Gasteiger partial charge in [0.2, 0.25) is 0 Å². The molecule has 1 aromatic heterocycles. The molecule has 1 aromatic rings. The van der Waals surface area contributed by atoms with Gasteiger partial charge in [0.05, 0.1) is 5.69 Å². The Morgan fingerprint density at radius 2 is 2.26 bits per heavy atom. The van der Waals surface area contributed by atoms with E-state index in [4.69, 9.17) is 4.98 Å². The van der Waals surface area contributed by atoms with Crippen LogP contribution in [0.3, 0.4) is 0 Å². The van der Waals surface area contributed by atoms with Gasteiger partial charge in [-0.15, -0.1) is 11.3 Å². The predicted octanol–water partition coefficient (Wildman–Crippen LogP) is 3.61. The molecule has 0 aromatic carbocycles. The van der Waals surface area contributed by atoms with Crippen LogP contribution < -0.4 is 10.2 Å². The molecule has 0 saturated carbocycles. The molecule has 0 bridgehead atoms. The Bertz CT molecular complexity index is 402. The van der Waals surface area contributed by atoms with E-state index in [-0.39, 0.29) is 0 Å². The Balaban J connectivity index is 2.18. The summed E-state index contributed by atoms with van der Waals surface area (Å²) in [6, 6.07) is 0. The largest absolute Gasteiger partial charge is 0.348 e. The van der Waals surface area contributed by atoms with Gasteiger partial charge >= 0.3 is 0 Å². The monoisotopic (exact) mass is 281 g/mol. The van der Waals surface area contributed by atoms with Crippen LogP contribution in [0, 0.1) is 5.92 Å². The summed E-state index contributed by atoms with van der Waals surface area (Å²) in [5, 5.41) is 4.69. The summed E-state index contributed by atoms with van der Waals surface area (Å²) < 4.78 is 0. The molecule has 1 aliphatic heterocycles. The number of aromatic nitrogens is 1. The van der Waals surface area contributed by atoms with Gasteiger partial charge in [0, 0.05) is 24.5 Å². The summed E-state index contributed by atoms with van der Waals surface area (Å²) in [5.41, 5.74) is 1.32. The topological polar surface area (TPSA) is 28.2 Å². The molecule has 1 fully saturated rings.